The zero-order chi connectivity index (χ0) is 31.7. The Hall–Kier alpha value is -0.710. The van der Waals surface area contributed by atoms with Gasteiger partial charge in [-0.3, -0.25) is 4.79 Å². The van der Waals surface area contributed by atoms with Gasteiger partial charge < -0.3 is 15.3 Å². The molecule has 0 radical (unpaired) electrons. The summed E-state index contributed by atoms with van der Waals surface area (Å²) in [6.07, 6.45) is 39.8. The average Bonchev–Trinajstić information content (AvgIpc) is 3.01. The highest BCUT2D eigenvalue weighted by molar-refractivity contribution is 5.87. The van der Waals surface area contributed by atoms with E-state index < -0.39 is 18.3 Å². The van der Waals surface area contributed by atoms with Gasteiger partial charge in [0.15, 0.2) is 11.4 Å². The predicted octanol–water partition coefficient (Wildman–Crippen LogP) is 11.3. The van der Waals surface area contributed by atoms with Gasteiger partial charge in [-0.1, -0.05) is 180 Å². The van der Waals surface area contributed by atoms with Crippen LogP contribution in [0.5, 0.6) is 0 Å². The van der Waals surface area contributed by atoms with Crippen LogP contribution in [0.25, 0.3) is 0 Å². The fourth-order valence-corrected chi connectivity index (χ4v) is 6.16. The Balaban J connectivity index is 3.81. The van der Waals surface area contributed by atoms with Gasteiger partial charge >= 0.3 is 0 Å². The quantitative estimate of drug-likeness (QED) is 0.0494. The number of Topliss-reactive ketones (excluding diaryl/α,β-unsaturated/α-hetero) is 1. The molecule has 4 nitrogen and oxygen atoms in total. The van der Waals surface area contributed by atoms with Crippen LogP contribution in [0.3, 0.4) is 0 Å². The third kappa shape index (κ3) is 26.2. The number of hydrogen-bond acceptors (Lipinski definition) is 4. The van der Waals surface area contributed by atoms with Crippen LogP contribution < -0.4 is 0 Å². The zero-order valence-corrected chi connectivity index (χ0v) is 29.1. The predicted molar refractivity (Wildman–Crippen MR) is 187 cm³/mol. The first-order valence-electron chi connectivity index (χ1n) is 19.2. The summed E-state index contributed by atoms with van der Waals surface area (Å²) in [4.78, 5) is 12.9. The van der Waals surface area contributed by atoms with Crippen LogP contribution in [-0.2, 0) is 4.79 Å². The van der Waals surface area contributed by atoms with Crippen LogP contribution in [0.1, 0.15) is 213 Å². The minimum Gasteiger partial charge on any atom is -0.394 e. The Bertz CT molecular complexity index is 604. The van der Waals surface area contributed by atoms with E-state index in [1.165, 1.54) is 135 Å². The molecule has 0 aromatic carbocycles. The van der Waals surface area contributed by atoms with Crippen molar-refractivity contribution in [3.8, 4) is 0 Å². The summed E-state index contributed by atoms with van der Waals surface area (Å²) >= 11 is 0. The minimum absolute atomic E-state index is 0.247. The van der Waals surface area contributed by atoms with Gasteiger partial charge in [0.05, 0.1) is 6.61 Å². The number of ketones is 1. The van der Waals surface area contributed by atoms with Gasteiger partial charge in [0.1, 0.15) is 6.10 Å². The molecule has 2 unspecified atom stereocenters. The van der Waals surface area contributed by atoms with Crippen molar-refractivity contribution < 1.29 is 20.1 Å². The number of aliphatic hydroxyl groups is 3. The maximum atomic E-state index is 12.9. The molecule has 0 aliphatic carbocycles. The number of carbonyl (C=O) groups excluding carboxylic acids is 1. The first kappa shape index (κ1) is 42.3. The molecular weight excluding hydrogens is 532 g/mol. The molecule has 43 heavy (non-hydrogen) atoms. The fraction of sp³-hybridized carbons (Fsp3) is 0.923. The molecule has 0 amide bonds. The maximum Gasteiger partial charge on any atom is 0.167 e. The second-order valence-electron chi connectivity index (χ2n) is 13.4. The van der Waals surface area contributed by atoms with Crippen molar-refractivity contribution >= 4 is 5.78 Å². The van der Waals surface area contributed by atoms with Crippen LogP contribution in [0.2, 0.25) is 0 Å². The lowest BCUT2D eigenvalue weighted by Gasteiger charge is -2.31. The van der Waals surface area contributed by atoms with E-state index in [1.807, 2.05) is 0 Å². The van der Waals surface area contributed by atoms with Crippen molar-refractivity contribution in [2.24, 2.45) is 0 Å². The molecule has 0 aliphatic rings. The van der Waals surface area contributed by atoms with Crippen LogP contribution in [-0.4, -0.2) is 39.4 Å². The van der Waals surface area contributed by atoms with Crippen LogP contribution in [0, 0.1) is 0 Å². The first-order valence-corrected chi connectivity index (χ1v) is 19.2. The van der Waals surface area contributed by atoms with E-state index >= 15 is 0 Å². The minimum atomic E-state index is -1.80. The zero-order valence-electron chi connectivity index (χ0n) is 29.1. The summed E-state index contributed by atoms with van der Waals surface area (Å²) in [5.41, 5.74) is -1.80. The van der Waals surface area contributed by atoms with Crippen LogP contribution >= 0.6 is 0 Å². The van der Waals surface area contributed by atoms with Gasteiger partial charge in [0, 0.05) is 6.42 Å². The van der Waals surface area contributed by atoms with E-state index in [9.17, 15) is 20.1 Å². The highest BCUT2D eigenvalue weighted by atomic mass is 16.4. The lowest BCUT2D eigenvalue weighted by molar-refractivity contribution is -0.156. The lowest BCUT2D eigenvalue weighted by Crippen LogP contribution is -2.51. The Morgan fingerprint density at radius 1 is 0.535 bits per heavy atom. The monoisotopic (exact) mass is 609 g/mol. The molecule has 0 bridgehead atoms. The smallest absolute Gasteiger partial charge is 0.167 e. The molecular formula is C39H76O4. The van der Waals surface area contributed by atoms with Gasteiger partial charge in [0.25, 0.3) is 0 Å². The SMILES string of the molecule is CCCCCCCC/C=C\CCCCCCCC(=O)C(O)(CCCCCCCCCCCCCCCCCC)C(O)CO. The van der Waals surface area contributed by atoms with Crippen molar-refractivity contribution in [1.29, 1.82) is 0 Å². The van der Waals surface area contributed by atoms with Crippen molar-refractivity contribution in [3.63, 3.8) is 0 Å². The van der Waals surface area contributed by atoms with E-state index in [4.69, 9.17) is 0 Å². The van der Waals surface area contributed by atoms with E-state index in [2.05, 4.69) is 26.0 Å². The molecule has 0 spiro atoms. The molecule has 0 aromatic heterocycles. The van der Waals surface area contributed by atoms with Crippen molar-refractivity contribution in [2.45, 2.75) is 225 Å². The molecule has 0 saturated heterocycles. The largest absolute Gasteiger partial charge is 0.394 e. The van der Waals surface area contributed by atoms with E-state index in [-0.39, 0.29) is 18.6 Å². The van der Waals surface area contributed by atoms with Gasteiger partial charge in [-0.05, 0) is 38.5 Å². The standard InChI is InChI=1S/C39H76O4/c1-3-5-7-9-11-13-15-17-19-21-23-25-27-29-31-33-35-39(43,38(42)36-40)37(41)34-32-30-28-26-24-22-20-18-16-14-12-10-8-6-4-2/h18,20,38,40,42-43H,3-17,19,21-36H2,1-2H3/b20-18-. The molecule has 0 aliphatic heterocycles. The highest BCUT2D eigenvalue weighted by Crippen LogP contribution is 2.25. The van der Waals surface area contributed by atoms with Crippen LogP contribution in [0.4, 0.5) is 0 Å². The molecule has 0 rings (SSSR count). The Labute approximate surface area is 268 Å². The molecule has 3 N–H and O–H groups in total. The van der Waals surface area contributed by atoms with Gasteiger partial charge in [-0.25, -0.2) is 0 Å². The highest BCUT2D eigenvalue weighted by Gasteiger charge is 2.41. The number of unbranched alkanes of at least 4 members (excludes halogenated alkanes) is 26. The first-order chi connectivity index (χ1) is 21.0. The fourth-order valence-electron chi connectivity index (χ4n) is 6.16. The Morgan fingerprint density at radius 3 is 1.23 bits per heavy atom. The van der Waals surface area contributed by atoms with E-state index in [1.54, 1.807) is 0 Å². The number of carbonyl (C=O) groups is 1. The summed E-state index contributed by atoms with van der Waals surface area (Å²) in [5, 5.41) is 30.8. The van der Waals surface area contributed by atoms with Crippen molar-refractivity contribution in [2.75, 3.05) is 6.61 Å². The van der Waals surface area contributed by atoms with E-state index in [0.29, 0.717) is 6.42 Å². The second-order valence-corrected chi connectivity index (χ2v) is 13.4. The number of allylic oxidation sites excluding steroid dienone is 2. The topological polar surface area (TPSA) is 77.8 Å². The number of hydrogen-bond donors (Lipinski definition) is 3. The molecule has 0 saturated carbocycles. The van der Waals surface area contributed by atoms with E-state index in [0.717, 1.165) is 44.9 Å². The Morgan fingerprint density at radius 2 is 0.860 bits per heavy atom. The molecule has 2 atom stereocenters. The summed E-state index contributed by atoms with van der Waals surface area (Å²) in [5.74, 6) is -0.298. The van der Waals surface area contributed by atoms with Gasteiger partial charge in [0.2, 0.25) is 0 Å². The van der Waals surface area contributed by atoms with Crippen LogP contribution in [0.15, 0.2) is 12.2 Å². The summed E-state index contributed by atoms with van der Waals surface area (Å²) < 4.78 is 0. The molecule has 256 valence electrons. The number of rotatable bonds is 35. The van der Waals surface area contributed by atoms with Crippen molar-refractivity contribution in [3.05, 3.63) is 12.2 Å². The molecule has 0 heterocycles. The lowest BCUT2D eigenvalue weighted by atomic mass is 9.84. The average molecular weight is 609 g/mol. The maximum absolute atomic E-state index is 12.9. The third-order valence-corrected chi connectivity index (χ3v) is 9.28. The number of aliphatic hydroxyl groups excluding tert-OH is 2. The van der Waals surface area contributed by atoms with Crippen molar-refractivity contribution in [1.82, 2.24) is 0 Å². The molecule has 0 aromatic rings. The summed E-state index contributed by atoms with van der Waals surface area (Å²) in [7, 11) is 0. The Kier molecular flexibility index (Phi) is 32.1. The van der Waals surface area contributed by atoms with Gasteiger partial charge in [-0.2, -0.15) is 0 Å². The normalized spacial score (nSPS) is 14.0. The third-order valence-electron chi connectivity index (χ3n) is 9.28. The molecule has 4 heteroatoms. The van der Waals surface area contributed by atoms with Gasteiger partial charge in [-0.15, -0.1) is 0 Å². The molecule has 0 fully saturated rings. The summed E-state index contributed by atoms with van der Waals surface area (Å²) in [6.45, 7) is 3.96. The second kappa shape index (κ2) is 32.7. The summed E-state index contributed by atoms with van der Waals surface area (Å²) in [6, 6.07) is 0.